The smallest absolute Gasteiger partial charge is 0.262 e. The van der Waals surface area contributed by atoms with Crippen molar-refractivity contribution in [2.24, 2.45) is 0 Å². The van der Waals surface area contributed by atoms with Crippen LogP contribution in [0.4, 0.5) is 11.4 Å². The quantitative estimate of drug-likeness (QED) is 0.623. The molecule has 0 radical (unpaired) electrons. The van der Waals surface area contributed by atoms with Gasteiger partial charge >= 0.3 is 0 Å². The van der Waals surface area contributed by atoms with Crippen molar-refractivity contribution in [2.45, 2.75) is 4.90 Å². The van der Waals surface area contributed by atoms with Crippen LogP contribution in [0.15, 0.2) is 77.7 Å². The lowest BCUT2D eigenvalue weighted by Gasteiger charge is -2.14. The van der Waals surface area contributed by atoms with Crippen molar-refractivity contribution >= 4 is 38.9 Å². The van der Waals surface area contributed by atoms with Gasteiger partial charge in [-0.05, 0) is 48.5 Å². The van der Waals surface area contributed by atoms with E-state index in [4.69, 9.17) is 16.3 Å². The van der Waals surface area contributed by atoms with Crippen molar-refractivity contribution in [3.05, 3.63) is 83.4 Å². The Balaban J connectivity index is 1.90. The first-order valence-corrected chi connectivity index (χ1v) is 10.1. The van der Waals surface area contributed by atoms with Gasteiger partial charge in [-0.15, -0.1) is 0 Å². The van der Waals surface area contributed by atoms with Gasteiger partial charge in [0, 0.05) is 16.3 Å². The Morgan fingerprint density at radius 2 is 1.71 bits per heavy atom. The number of carbonyl (C=O) groups excluding carboxylic acids is 1. The molecule has 0 aliphatic rings. The number of methoxy groups -OCH3 is 1. The molecular weight excluding hydrogens is 400 g/mol. The number of para-hydroxylation sites is 1. The fraction of sp³-hybridized carbons (Fsp3) is 0.0500. The zero-order valence-corrected chi connectivity index (χ0v) is 16.4. The monoisotopic (exact) mass is 416 g/mol. The van der Waals surface area contributed by atoms with Crippen LogP contribution in [0, 0.1) is 0 Å². The van der Waals surface area contributed by atoms with E-state index in [-0.39, 0.29) is 27.8 Å². The van der Waals surface area contributed by atoms with Crippen LogP contribution in [0.5, 0.6) is 5.75 Å². The van der Waals surface area contributed by atoms with Crippen molar-refractivity contribution in [3.8, 4) is 5.75 Å². The summed E-state index contributed by atoms with van der Waals surface area (Å²) in [7, 11) is -2.50. The minimum atomic E-state index is -3.92. The van der Waals surface area contributed by atoms with Gasteiger partial charge < -0.3 is 10.1 Å². The number of ether oxygens (including phenoxy) is 1. The number of amides is 1. The average molecular weight is 417 g/mol. The number of carbonyl (C=O) groups is 1. The van der Waals surface area contributed by atoms with E-state index in [1.54, 1.807) is 36.4 Å². The van der Waals surface area contributed by atoms with Crippen molar-refractivity contribution in [1.29, 1.82) is 0 Å². The molecule has 0 fully saturated rings. The predicted octanol–water partition coefficient (Wildman–Crippen LogP) is 4.40. The molecule has 3 rings (SSSR count). The van der Waals surface area contributed by atoms with Crippen molar-refractivity contribution < 1.29 is 17.9 Å². The van der Waals surface area contributed by atoms with Gasteiger partial charge in [0.25, 0.3) is 15.9 Å². The third-order valence-electron chi connectivity index (χ3n) is 3.84. The fourth-order valence-corrected chi connectivity index (χ4v) is 3.85. The zero-order valence-electron chi connectivity index (χ0n) is 14.8. The number of halogens is 1. The van der Waals surface area contributed by atoms with Crippen LogP contribution < -0.4 is 14.8 Å². The number of hydrogen-bond acceptors (Lipinski definition) is 4. The minimum absolute atomic E-state index is 0.00110. The Hall–Kier alpha value is -3.03. The molecule has 0 aliphatic carbocycles. The van der Waals surface area contributed by atoms with E-state index >= 15 is 0 Å². The maximum absolute atomic E-state index is 12.7. The molecule has 0 saturated heterocycles. The molecule has 144 valence electrons. The first-order valence-electron chi connectivity index (χ1n) is 8.22. The summed E-state index contributed by atoms with van der Waals surface area (Å²) in [4.78, 5) is 12.5. The molecule has 2 N–H and O–H groups in total. The fourth-order valence-electron chi connectivity index (χ4n) is 2.49. The van der Waals surface area contributed by atoms with E-state index < -0.39 is 10.0 Å². The molecule has 6 nitrogen and oxygen atoms in total. The SMILES string of the molecule is COc1ccc(C(=O)Nc2ccccc2)cc1NS(=O)(=O)c1cccc(Cl)c1. The first kappa shape index (κ1) is 19.7. The van der Waals surface area contributed by atoms with E-state index in [0.29, 0.717) is 10.7 Å². The van der Waals surface area contributed by atoms with Gasteiger partial charge in [-0.1, -0.05) is 35.9 Å². The Kier molecular flexibility index (Phi) is 5.87. The molecule has 8 heteroatoms. The van der Waals surface area contributed by atoms with Gasteiger partial charge in [0.1, 0.15) is 5.75 Å². The highest BCUT2D eigenvalue weighted by Gasteiger charge is 2.18. The third-order valence-corrected chi connectivity index (χ3v) is 5.44. The second-order valence-electron chi connectivity index (χ2n) is 5.80. The molecule has 1 amide bonds. The van der Waals surface area contributed by atoms with Gasteiger partial charge in [0.15, 0.2) is 0 Å². The number of anilines is 2. The molecule has 0 aliphatic heterocycles. The van der Waals surface area contributed by atoms with Gasteiger partial charge in [0.05, 0.1) is 17.7 Å². The molecule has 0 heterocycles. The lowest BCUT2D eigenvalue weighted by atomic mass is 10.1. The summed E-state index contributed by atoms with van der Waals surface area (Å²) in [5, 5.41) is 3.05. The molecule has 0 saturated carbocycles. The highest BCUT2D eigenvalue weighted by atomic mass is 35.5. The summed E-state index contributed by atoms with van der Waals surface area (Å²) >= 11 is 5.89. The van der Waals surface area contributed by atoms with Crippen molar-refractivity contribution in [1.82, 2.24) is 0 Å². The molecule has 3 aromatic carbocycles. The summed E-state index contributed by atoms with van der Waals surface area (Å²) in [6.07, 6.45) is 0. The van der Waals surface area contributed by atoms with Crippen molar-refractivity contribution in [2.75, 3.05) is 17.1 Å². The molecular formula is C20H17ClN2O4S. The maximum atomic E-state index is 12.7. The molecule has 0 unspecified atom stereocenters. The maximum Gasteiger partial charge on any atom is 0.262 e. The van der Waals surface area contributed by atoms with E-state index in [1.807, 2.05) is 6.07 Å². The minimum Gasteiger partial charge on any atom is -0.495 e. The van der Waals surface area contributed by atoms with Crippen LogP contribution in [0.25, 0.3) is 0 Å². The normalized spacial score (nSPS) is 10.9. The van der Waals surface area contributed by atoms with Gasteiger partial charge in [-0.25, -0.2) is 8.42 Å². The van der Waals surface area contributed by atoms with Gasteiger partial charge in [0.2, 0.25) is 0 Å². The highest BCUT2D eigenvalue weighted by molar-refractivity contribution is 7.92. The van der Waals surface area contributed by atoms with Crippen LogP contribution in [0.3, 0.4) is 0 Å². The average Bonchev–Trinajstić information content (AvgIpc) is 2.68. The number of rotatable bonds is 6. The summed E-state index contributed by atoms with van der Waals surface area (Å²) in [5.41, 5.74) is 1.04. The molecule has 3 aromatic rings. The number of sulfonamides is 1. The van der Waals surface area contributed by atoms with Crippen LogP contribution in [-0.2, 0) is 10.0 Å². The second-order valence-corrected chi connectivity index (χ2v) is 7.92. The Morgan fingerprint density at radius 1 is 0.964 bits per heavy atom. The van der Waals surface area contributed by atoms with E-state index in [1.165, 1.54) is 37.4 Å². The highest BCUT2D eigenvalue weighted by Crippen LogP contribution is 2.29. The van der Waals surface area contributed by atoms with E-state index in [2.05, 4.69) is 10.0 Å². The molecule has 0 atom stereocenters. The summed E-state index contributed by atoms with van der Waals surface area (Å²) in [6, 6.07) is 19.3. The number of nitrogens with one attached hydrogen (secondary N) is 2. The number of hydrogen-bond donors (Lipinski definition) is 2. The Bertz CT molecular complexity index is 1100. The van der Waals surface area contributed by atoms with E-state index in [9.17, 15) is 13.2 Å². The first-order chi connectivity index (χ1) is 13.4. The topological polar surface area (TPSA) is 84.5 Å². The zero-order chi connectivity index (χ0) is 20.1. The van der Waals surface area contributed by atoms with Crippen molar-refractivity contribution in [3.63, 3.8) is 0 Å². The van der Waals surface area contributed by atoms with Gasteiger partial charge in [-0.3, -0.25) is 9.52 Å². The van der Waals surface area contributed by atoms with E-state index in [0.717, 1.165) is 0 Å². The Morgan fingerprint density at radius 3 is 2.39 bits per heavy atom. The Labute approximate surface area is 168 Å². The lowest BCUT2D eigenvalue weighted by Crippen LogP contribution is -2.16. The second kappa shape index (κ2) is 8.33. The van der Waals surface area contributed by atoms with Crippen LogP contribution >= 0.6 is 11.6 Å². The van der Waals surface area contributed by atoms with Crippen LogP contribution in [0.2, 0.25) is 5.02 Å². The summed E-state index contributed by atoms with van der Waals surface area (Å²) in [6.45, 7) is 0. The number of benzene rings is 3. The summed E-state index contributed by atoms with van der Waals surface area (Å²) in [5.74, 6) is -0.0982. The van der Waals surface area contributed by atoms with Gasteiger partial charge in [-0.2, -0.15) is 0 Å². The largest absolute Gasteiger partial charge is 0.495 e. The molecule has 28 heavy (non-hydrogen) atoms. The van der Waals surface area contributed by atoms with Crippen LogP contribution in [0.1, 0.15) is 10.4 Å². The molecule has 0 aromatic heterocycles. The molecule has 0 spiro atoms. The summed E-state index contributed by atoms with van der Waals surface area (Å²) < 4.78 is 33.0. The standard InChI is InChI=1S/C20H17ClN2O4S/c1-27-19-11-10-14(20(24)22-16-7-3-2-4-8-16)12-18(19)23-28(25,26)17-9-5-6-15(21)13-17/h2-13,23H,1H3,(H,22,24). The third kappa shape index (κ3) is 4.62. The van der Waals surface area contributed by atoms with Crippen LogP contribution in [-0.4, -0.2) is 21.4 Å². The predicted molar refractivity (Wildman–Crippen MR) is 110 cm³/mol. The lowest BCUT2D eigenvalue weighted by molar-refractivity contribution is 0.102. The molecule has 0 bridgehead atoms.